The molecule has 1 saturated heterocycles. The van der Waals surface area contributed by atoms with Crippen molar-refractivity contribution in [2.45, 2.75) is 87.8 Å². The van der Waals surface area contributed by atoms with Gasteiger partial charge >= 0.3 is 30.0 Å². The number of halogens is 7. The van der Waals surface area contributed by atoms with Crippen molar-refractivity contribution in [3.8, 4) is 34.8 Å². The fourth-order valence-electron chi connectivity index (χ4n) is 8.73. The number of likely N-dealkylation sites (N-methyl/N-ethyl adjacent to an activating group) is 1. The van der Waals surface area contributed by atoms with Crippen LogP contribution in [-0.4, -0.2) is 90.5 Å². The molecule has 0 saturated carbocycles. The first-order valence-electron chi connectivity index (χ1n) is 17.8. The molecule has 1 N–H and O–H groups in total. The standard InChI is InChI=1S/C39H36F7N3O8/c1-18-12-21-13-23-25(15-47)49-24(30(48(23)3)28(21)31(51)32(18)53-4)14-22-29(26(49)16-54-27(50)11-10-20-8-6-5-7-9-20)35-34(55-17-56-35)19(2)33(22)57-36(52)37(40,41)38(42,43)39(44,45)46/h5-9,12,23-26,30,51H,10-11,13-14,16-17H2,1-4H3/t23-,24?,25-,26-,30+/m0/s1. The Morgan fingerprint density at radius 3 is 2.32 bits per heavy atom. The van der Waals surface area contributed by atoms with Crippen LogP contribution in [0, 0.1) is 25.2 Å². The van der Waals surface area contributed by atoms with E-state index in [1.165, 1.54) is 14.0 Å². The number of hydrogen-bond donors (Lipinski definition) is 1. The molecule has 2 bridgehead atoms. The van der Waals surface area contributed by atoms with Gasteiger partial charge in [-0.3, -0.25) is 14.6 Å². The fourth-order valence-corrected chi connectivity index (χ4v) is 8.73. The van der Waals surface area contributed by atoms with E-state index in [1.54, 1.807) is 31.0 Å². The van der Waals surface area contributed by atoms with E-state index >= 15 is 0 Å². The Bertz CT molecular complexity index is 2160. The minimum absolute atomic E-state index is 0.0141. The Morgan fingerprint density at radius 1 is 0.982 bits per heavy atom. The normalized spacial score (nSPS) is 22.8. The van der Waals surface area contributed by atoms with Gasteiger partial charge in [-0.05, 0) is 56.8 Å². The number of nitriles is 1. The number of methoxy groups -OCH3 is 1. The van der Waals surface area contributed by atoms with Gasteiger partial charge < -0.3 is 28.8 Å². The van der Waals surface area contributed by atoms with Gasteiger partial charge in [0, 0.05) is 40.8 Å². The molecule has 11 nitrogen and oxygen atoms in total. The molecule has 4 aliphatic rings. The Morgan fingerprint density at radius 2 is 1.67 bits per heavy atom. The number of ether oxygens (including phenoxy) is 5. The zero-order chi connectivity index (χ0) is 41.4. The quantitative estimate of drug-likeness (QED) is 0.146. The molecule has 3 aromatic rings. The van der Waals surface area contributed by atoms with Crippen molar-refractivity contribution < 1.29 is 69.1 Å². The molecule has 1 fully saturated rings. The van der Waals surface area contributed by atoms with Crippen LogP contribution in [0.5, 0.6) is 28.7 Å². The summed E-state index contributed by atoms with van der Waals surface area (Å²) in [6, 6.07) is 8.76. The number of rotatable bonds is 9. The van der Waals surface area contributed by atoms with E-state index in [-0.39, 0.29) is 59.0 Å². The summed E-state index contributed by atoms with van der Waals surface area (Å²) in [6.07, 6.45) is -6.62. The molecule has 18 heteroatoms. The second-order valence-electron chi connectivity index (χ2n) is 14.5. The highest BCUT2D eigenvalue weighted by Gasteiger charge is 2.77. The minimum Gasteiger partial charge on any atom is -0.504 e. The summed E-state index contributed by atoms with van der Waals surface area (Å²) in [6.45, 7) is 2.00. The lowest BCUT2D eigenvalue weighted by atomic mass is 9.71. The van der Waals surface area contributed by atoms with Crippen LogP contribution in [0.1, 0.15) is 57.4 Å². The average molecular weight is 808 g/mol. The lowest BCUT2D eigenvalue weighted by Crippen LogP contribution is -2.68. The highest BCUT2D eigenvalue weighted by molar-refractivity contribution is 5.83. The topological polar surface area (TPSA) is 131 Å². The number of esters is 2. The maximum absolute atomic E-state index is 14.8. The van der Waals surface area contributed by atoms with Crippen molar-refractivity contribution in [2.75, 3.05) is 27.6 Å². The summed E-state index contributed by atoms with van der Waals surface area (Å²) in [7, 11) is 3.08. The van der Waals surface area contributed by atoms with Crippen molar-refractivity contribution in [3.63, 3.8) is 0 Å². The number of carbonyl (C=O) groups is 2. The SMILES string of the molecule is COc1c(C)cc2c(c1O)[C@H]1C3Cc4c(OC(=O)C(F)(F)C(F)(F)C(F)(F)F)c(C)c5c(c4[C@H](COC(=O)CCc4ccccc4)N3[C@@H](C#N)[C@H](C2)N1C)OCO5. The minimum atomic E-state index is -6.82. The van der Waals surface area contributed by atoms with Crippen molar-refractivity contribution >= 4 is 11.9 Å². The van der Waals surface area contributed by atoms with Crippen LogP contribution in [0.2, 0.25) is 0 Å². The maximum Gasteiger partial charge on any atom is 0.460 e. The van der Waals surface area contributed by atoms with Crippen LogP contribution in [0.15, 0.2) is 36.4 Å². The zero-order valence-electron chi connectivity index (χ0n) is 30.9. The predicted octanol–water partition coefficient (Wildman–Crippen LogP) is 6.43. The van der Waals surface area contributed by atoms with Crippen LogP contribution in [0.25, 0.3) is 0 Å². The Kier molecular flexibility index (Phi) is 10.0. The van der Waals surface area contributed by atoms with Gasteiger partial charge in [-0.25, -0.2) is 4.79 Å². The highest BCUT2D eigenvalue weighted by Crippen LogP contribution is 2.59. The van der Waals surface area contributed by atoms with Crippen LogP contribution in [0.3, 0.4) is 0 Å². The van der Waals surface area contributed by atoms with Crippen molar-refractivity contribution in [3.05, 3.63) is 75.3 Å². The molecule has 4 heterocycles. The molecular formula is C39H36F7N3O8. The molecule has 3 aromatic carbocycles. The van der Waals surface area contributed by atoms with Gasteiger partial charge in [0.2, 0.25) is 6.79 Å². The molecule has 4 aliphatic heterocycles. The molecule has 0 radical (unpaired) electrons. The van der Waals surface area contributed by atoms with Crippen LogP contribution in [0.4, 0.5) is 30.7 Å². The highest BCUT2D eigenvalue weighted by atomic mass is 19.4. The average Bonchev–Trinajstić information content (AvgIpc) is 3.65. The number of benzene rings is 3. The van der Waals surface area contributed by atoms with Gasteiger partial charge in [0.15, 0.2) is 23.0 Å². The van der Waals surface area contributed by atoms with Crippen LogP contribution >= 0.6 is 0 Å². The maximum atomic E-state index is 14.8. The molecule has 57 heavy (non-hydrogen) atoms. The summed E-state index contributed by atoms with van der Waals surface area (Å²) in [4.78, 5) is 29.8. The van der Waals surface area contributed by atoms with Crippen LogP contribution in [-0.2, 0) is 33.6 Å². The Labute approximate surface area is 321 Å². The van der Waals surface area contributed by atoms with Crippen LogP contribution < -0.4 is 18.9 Å². The second-order valence-corrected chi connectivity index (χ2v) is 14.5. The summed E-state index contributed by atoms with van der Waals surface area (Å²) in [5.41, 5.74) is 2.20. The largest absolute Gasteiger partial charge is 0.504 e. The third kappa shape index (κ3) is 6.26. The van der Waals surface area contributed by atoms with E-state index in [1.807, 2.05) is 29.2 Å². The van der Waals surface area contributed by atoms with E-state index in [0.29, 0.717) is 23.1 Å². The summed E-state index contributed by atoms with van der Waals surface area (Å²) in [5, 5.41) is 22.5. The molecular weight excluding hydrogens is 771 g/mol. The molecule has 0 aromatic heterocycles. The number of carbonyl (C=O) groups excluding carboxylic acids is 2. The van der Waals surface area contributed by atoms with E-state index in [2.05, 4.69) is 6.07 Å². The smallest absolute Gasteiger partial charge is 0.460 e. The lowest BCUT2D eigenvalue weighted by molar-refractivity contribution is -0.346. The first kappa shape index (κ1) is 39.9. The zero-order valence-corrected chi connectivity index (χ0v) is 30.9. The molecule has 1 unspecified atom stereocenters. The third-order valence-electron chi connectivity index (χ3n) is 11.3. The summed E-state index contributed by atoms with van der Waals surface area (Å²) in [5.74, 6) is -18.1. The van der Waals surface area contributed by atoms with Gasteiger partial charge in [0.05, 0.1) is 25.3 Å². The van der Waals surface area contributed by atoms with E-state index in [4.69, 9.17) is 23.7 Å². The Hall–Kier alpha value is -5.28. The molecule has 0 amide bonds. The number of phenolic OH excluding ortho intramolecular Hbond substituents is 1. The number of piperazine rings is 1. The number of aromatic hydroxyl groups is 1. The first-order chi connectivity index (χ1) is 26.8. The van der Waals surface area contributed by atoms with Gasteiger partial charge in [-0.15, -0.1) is 0 Å². The van der Waals surface area contributed by atoms with Crippen molar-refractivity contribution in [1.29, 1.82) is 5.26 Å². The Balaban J connectivity index is 1.39. The number of alkyl halides is 7. The molecule has 7 rings (SSSR count). The summed E-state index contributed by atoms with van der Waals surface area (Å²) < 4.78 is 125. The monoisotopic (exact) mass is 807 g/mol. The van der Waals surface area contributed by atoms with Gasteiger partial charge in [0.1, 0.15) is 18.4 Å². The van der Waals surface area contributed by atoms with E-state index in [9.17, 15) is 50.7 Å². The van der Waals surface area contributed by atoms with E-state index < -0.39 is 79.3 Å². The molecule has 5 atom stereocenters. The third-order valence-corrected chi connectivity index (χ3v) is 11.3. The van der Waals surface area contributed by atoms with Gasteiger partial charge in [-0.2, -0.15) is 36.0 Å². The number of phenols is 1. The van der Waals surface area contributed by atoms with E-state index in [0.717, 1.165) is 5.56 Å². The first-order valence-corrected chi connectivity index (χ1v) is 17.8. The molecule has 0 spiro atoms. The van der Waals surface area contributed by atoms with Crippen molar-refractivity contribution in [2.24, 2.45) is 0 Å². The van der Waals surface area contributed by atoms with Crippen molar-refractivity contribution in [1.82, 2.24) is 9.80 Å². The van der Waals surface area contributed by atoms with Gasteiger partial charge in [0.25, 0.3) is 0 Å². The molecule has 0 aliphatic carbocycles. The second kappa shape index (κ2) is 14.3. The number of nitrogens with zero attached hydrogens (tertiary/aromatic N) is 3. The fraction of sp³-hybridized carbons (Fsp3) is 0.462. The number of fused-ring (bicyclic) bond motifs is 9. The lowest BCUT2D eigenvalue weighted by Gasteiger charge is -2.59. The number of hydrogen-bond acceptors (Lipinski definition) is 11. The van der Waals surface area contributed by atoms with Gasteiger partial charge in [-0.1, -0.05) is 36.4 Å². The summed E-state index contributed by atoms with van der Waals surface area (Å²) >= 11 is 0. The molecule has 304 valence electrons. The predicted molar refractivity (Wildman–Crippen MR) is 183 cm³/mol. The number of aryl methyl sites for hydroxylation is 2.